The van der Waals surface area contributed by atoms with E-state index in [0.29, 0.717) is 0 Å². The van der Waals surface area contributed by atoms with E-state index in [1.54, 1.807) is 0 Å². The summed E-state index contributed by atoms with van der Waals surface area (Å²) >= 11 is 0. The Kier molecular flexibility index (Phi) is 4.14. The average molecular weight is 294 g/mol. The molecule has 114 valence electrons. The highest BCUT2D eigenvalue weighted by atomic mass is 16.2. The van der Waals surface area contributed by atoms with E-state index >= 15 is 0 Å². The van der Waals surface area contributed by atoms with Crippen molar-refractivity contribution in [2.24, 2.45) is 0 Å². The molecule has 1 aliphatic rings. The molecule has 0 unspecified atom stereocenters. The van der Waals surface area contributed by atoms with Crippen LogP contribution < -0.4 is 5.32 Å². The molecule has 0 aliphatic carbocycles. The zero-order valence-corrected chi connectivity index (χ0v) is 13.2. The van der Waals surface area contributed by atoms with Crippen molar-refractivity contribution in [2.75, 3.05) is 11.9 Å². The van der Waals surface area contributed by atoms with Crippen LogP contribution in [0.2, 0.25) is 0 Å². The fourth-order valence-corrected chi connectivity index (χ4v) is 2.98. The Morgan fingerprint density at radius 1 is 1.00 bits per heavy atom. The number of benzene rings is 2. The summed E-state index contributed by atoms with van der Waals surface area (Å²) in [7, 11) is 0. The number of urea groups is 1. The summed E-state index contributed by atoms with van der Waals surface area (Å²) in [6, 6.07) is 16.6. The van der Waals surface area contributed by atoms with Crippen molar-refractivity contribution in [2.45, 2.75) is 32.7 Å². The number of hydrogen-bond donors (Lipinski definition) is 1. The number of carbonyl (C=O) groups excluding carboxylic acids is 1. The molecule has 1 N–H and O–H groups in total. The minimum absolute atomic E-state index is 0.00747. The molecule has 0 saturated carbocycles. The van der Waals surface area contributed by atoms with Crippen molar-refractivity contribution >= 4 is 11.7 Å². The predicted octanol–water partition coefficient (Wildman–Crippen LogP) is 4.67. The summed E-state index contributed by atoms with van der Waals surface area (Å²) in [4.78, 5) is 14.5. The van der Waals surface area contributed by atoms with Crippen LogP contribution in [-0.2, 0) is 0 Å². The summed E-state index contributed by atoms with van der Waals surface area (Å²) in [5, 5.41) is 3.01. The molecular formula is C19H22N2O. The van der Waals surface area contributed by atoms with Crippen molar-refractivity contribution in [3.63, 3.8) is 0 Å². The van der Waals surface area contributed by atoms with Gasteiger partial charge in [-0.25, -0.2) is 4.79 Å². The number of likely N-dealkylation sites (tertiary alicyclic amines) is 1. The van der Waals surface area contributed by atoms with E-state index < -0.39 is 0 Å². The molecule has 3 rings (SSSR count). The predicted molar refractivity (Wildman–Crippen MR) is 90.1 cm³/mol. The number of rotatable bonds is 2. The van der Waals surface area contributed by atoms with E-state index in [4.69, 9.17) is 0 Å². The molecular weight excluding hydrogens is 272 g/mol. The fourth-order valence-electron chi connectivity index (χ4n) is 2.98. The van der Waals surface area contributed by atoms with Gasteiger partial charge in [0.15, 0.2) is 0 Å². The smallest absolute Gasteiger partial charge is 0.317 e. The lowest BCUT2D eigenvalue weighted by atomic mass is 10.0. The van der Waals surface area contributed by atoms with Gasteiger partial charge in [0, 0.05) is 12.2 Å². The van der Waals surface area contributed by atoms with E-state index in [-0.39, 0.29) is 12.1 Å². The van der Waals surface area contributed by atoms with Crippen molar-refractivity contribution in [3.05, 3.63) is 65.2 Å². The Bertz CT molecular complexity index is 646. The van der Waals surface area contributed by atoms with Gasteiger partial charge in [-0.1, -0.05) is 47.5 Å². The molecule has 3 heteroatoms. The van der Waals surface area contributed by atoms with Gasteiger partial charge >= 0.3 is 6.03 Å². The van der Waals surface area contributed by atoms with Crippen molar-refractivity contribution in [3.8, 4) is 0 Å². The maximum absolute atomic E-state index is 12.6. The molecule has 0 aromatic heterocycles. The number of nitrogens with zero attached hydrogens (tertiary/aromatic N) is 1. The Morgan fingerprint density at radius 3 is 2.23 bits per heavy atom. The van der Waals surface area contributed by atoms with E-state index in [1.807, 2.05) is 36.1 Å². The third-order valence-electron chi connectivity index (χ3n) is 4.28. The van der Waals surface area contributed by atoms with Gasteiger partial charge < -0.3 is 10.2 Å². The number of anilines is 1. The molecule has 2 amide bonds. The van der Waals surface area contributed by atoms with E-state index in [0.717, 1.165) is 25.1 Å². The van der Waals surface area contributed by atoms with Gasteiger partial charge in [-0.2, -0.15) is 0 Å². The minimum Gasteiger partial charge on any atom is -0.317 e. The average Bonchev–Trinajstić information content (AvgIpc) is 3.00. The molecule has 1 saturated heterocycles. The van der Waals surface area contributed by atoms with Crippen molar-refractivity contribution < 1.29 is 4.79 Å². The third kappa shape index (κ3) is 3.14. The first-order chi connectivity index (χ1) is 10.6. The summed E-state index contributed by atoms with van der Waals surface area (Å²) in [5.41, 5.74) is 4.52. The quantitative estimate of drug-likeness (QED) is 0.857. The van der Waals surface area contributed by atoms with Crippen molar-refractivity contribution in [1.82, 2.24) is 4.90 Å². The second kappa shape index (κ2) is 6.22. The monoisotopic (exact) mass is 294 g/mol. The van der Waals surface area contributed by atoms with Gasteiger partial charge in [0.1, 0.15) is 0 Å². The summed E-state index contributed by atoms with van der Waals surface area (Å²) < 4.78 is 0. The number of hydrogen-bond acceptors (Lipinski definition) is 1. The second-order valence-corrected chi connectivity index (χ2v) is 6.06. The van der Waals surface area contributed by atoms with Gasteiger partial charge in [0.2, 0.25) is 0 Å². The van der Waals surface area contributed by atoms with E-state index in [2.05, 4.69) is 36.5 Å². The van der Waals surface area contributed by atoms with E-state index in [9.17, 15) is 4.79 Å². The maximum Gasteiger partial charge on any atom is 0.322 e. The molecule has 0 bridgehead atoms. The molecule has 1 heterocycles. The van der Waals surface area contributed by atoms with E-state index in [1.165, 1.54) is 16.7 Å². The van der Waals surface area contributed by atoms with Crippen LogP contribution in [0.15, 0.2) is 48.5 Å². The molecule has 1 atom stereocenters. The van der Waals surface area contributed by atoms with Gasteiger partial charge in [-0.3, -0.25) is 0 Å². The van der Waals surface area contributed by atoms with Gasteiger partial charge in [0.25, 0.3) is 0 Å². The lowest BCUT2D eigenvalue weighted by Gasteiger charge is -2.25. The van der Waals surface area contributed by atoms with Crippen LogP contribution in [0.25, 0.3) is 0 Å². The fraction of sp³-hybridized carbons (Fsp3) is 0.316. The highest BCUT2D eigenvalue weighted by molar-refractivity contribution is 5.89. The lowest BCUT2D eigenvalue weighted by molar-refractivity contribution is 0.207. The van der Waals surface area contributed by atoms with Crippen LogP contribution in [-0.4, -0.2) is 17.5 Å². The number of aryl methyl sites for hydroxylation is 2. The first-order valence-corrected chi connectivity index (χ1v) is 7.84. The highest BCUT2D eigenvalue weighted by Gasteiger charge is 2.29. The Labute approximate surface area is 132 Å². The summed E-state index contributed by atoms with van der Waals surface area (Å²) in [6.45, 7) is 4.94. The molecule has 2 aromatic rings. The zero-order valence-electron chi connectivity index (χ0n) is 13.2. The third-order valence-corrected chi connectivity index (χ3v) is 4.28. The molecule has 1 fully saturated rings. The van der Waals surface area contributed by atoms with Crippen molar-refractivity contribution in [1.29, 1.82) is 0 Å². The topological polar surface area (TPSA) is 32.3 Å². The van der Waals surface area contributed by atoms with Crippen LogP contribution in [0.3, 0.4) is 0 Å². The number of nitrogens with one attached hydrogen (secondary N) is 1. The Hall–Kier alpha value is -2.29. The molecule has 1 aliphatic heterocycles. The molecule has 22 heavy (non-hydrogen) atoms. The summed E-state index contributed by atoms with van der Waals surface area (Å²) in [5.74, 6) is 0. The highest BCUT2D eigenvalue weighted by Crippen LogP contribution is 2.32. The zero-order chi connectivity index (χ0) is 15.5. The van der Waals surface area contributed by atoms with Gasteiger partial charge in [0.05, 0.1) is 6.04 Å². The molecule has 0 spiro atoms. The molecule has 3 nitrogen and oxygen atoms in total. The molecule has 2 aromatic carbocycles. The molecule has 0 radical (unpaired) electrons. The van der Waals surface area contributed by atoms with Crippen LogP contribution >= 0.6 is 0 Å². The Morgan fingerprint density at radius 2 is 1.59 bits per heavy atom. The minimum atomic E-state index is -0.00747. The second-order valence-electron chi connectivity index (χ2n) is 6.06. The van der Waals surface area contributed by atoms with Gasteiger partial charge in [-0.05, 0) is 44.4 Å². The number of amides is 2. The van der Waals surface area contributed by atoms with Gasteiger partial charge in [-0.15, -0.1) is 0 Å². The van der Waals surface area contributed by atoms with Crippen LogP contribution in [0.1, 0.15) is 35.6 Å². The largest absolute Gasteiger partial charge is 0.322 e. The Balaban J connectivity index is 1.73. The summed E-state index contributed by atoms with van der Waals surface area (Å²) in [6.07, 6.45) is 2.09. The normalized spacial score (nSPS) is 17.5. The standard InChI is InChI=1S/C19H22N2O/c1-14-5-9-16(10-6-14)18-4-3-13-21(18)19(22)20-17-11-7-15(2)8-12-17/h5-12,18H,3-4,13H2,1-2H3,(H,20,22)/t18-/m1/s1. The first-order valence-electron chi connectivity index (χ1n) is 7.84. The maximum atomic E-state index is 12.6. The SMILES string of the molecule is Cc1ccc(NC(=O)N2CCC[C@@H]2c2ccc(C)cc2)cc1. The van der Waals surface area contributed by atoms with Crippen LogP contribution in [0, 0.1) is 13.8 Å². The van der Waals surface area contributed by atoms with Crippen LogP contribution in [0.4, 0.5) is 10.5 Å². The first kappa shape index (κ1) is 14.6. The lowest BCUT2D eigenvalue weighted by Crippen LogP contribution is -2.34. The number of carbonyl (C=O) groups is 1. The van der Waals surface area contributed by atoms with Crippen LogP contribution in [0.5, 0.6) is 0 Å².